The van der Waals surface area contributed by atoms with Crippen LogP contribution in [-0.2, 0) is 0 Å². The zero-order valence-corrected chi connectivity index (χ0v) is 10.4. The lowest BCUT2D eigenvalue weighted by molar-refractivity contribution is 0.0698. The Morgan fingerprint density at radius 3 is 2.53 bits per heavy atom. The summed E-state index contributed by atoms with van der Waals surface area (Å²) >= 11 is 0. The zero-order valence-electron chi connectivity index (χ0n) is 10.4. The maximum absolute atomic E-state index is 11.1. The minimum absolute atomic E-state index is 0.191. The number of carboxylic acid groups (broad SMARTS) is 1. The third kappa shape index (κ3) is 1.99. The molecular weight excluding hydrogens is 240 g/mol. The Hall–Kier alpha value is -2.55. The summed E-state index contributed by atoms with van der Waals surface area (Å²) in [7, 11) is 0. The molecular formula is C16H12O3. The number of hydrogen-bond donors (Lipinski definition) is 1. The first-order valence-electron chi connectivity index (χ1n) is 5.98. The number of aromatic carboxylic acids is 1. The summed E-state index contributed by atoms with van der Waals surface area (Å²) in [5.74, 6) is -0.292. The number of furan rings is 1. The molecule has 0 aliphatic carbocycles. The van der Waals surface area contributed by atoms with Gasteiger partial charge in [0.1, 0.15) is 16.9 Å². The zero-order chi connectivity index (χ0) is 13.4. The van der Waals surface area contributed by atoms with Crippen LogP contribution in [0.2, 0.25) is 0 Å². The fourth-order valence-electron chi connectivity index (χ4n) is 2.09. The van der Waals surface area contributed by atoms with Crippen LogP contribution >= 0.6 is 0 Å². The van der Waals surface area contributed by atoms with Gasteiger partial charge in [-0.25, -0.2) is 4.79 Å². The van der Waals surface area contributed by atoms with Gasteiger partial charge < -0.3 is 9.52 Å². The van der Waals surface area contributed by atoms with Crippen LogP contribution in [0.1, 0.15) is 15.9 Å². The van der Waals surface area contributed by atoms with E-state index in [1.54, 1.807) is 12.1 Å². The predicted molar refractivity (Wildman–Crippen MR) is 73.3 cm³/mol. The van der Waals surface area contributed by atoms with E-state index in [2.05, 4.69) is 0 Å². The number of para-hydroxylation sites is 1. The van der Waals surface area contributed by atoms with Crippen molar-refractivity contribution in [2.75, 3.05) is 0 Å². The first kappa shape index (κ1) is 11.5. The third-order valence-corrected chi connectivity index (χ3v) is 3.11. The van der Waals surface area contributed by atoms with Gasteiger partial charge in [0.15, 0.2) is 0 Å². The number of carbonyl (C=O) groups is 1. The average molecular weight is 252 g/mol. The number of hydrogen-bond acceptors (Lipinski definition) is 2. The molecule has 1 aromatic heterocycles. The second-order valence-electron chi connectivity index (χ2n) is 4.51. The molecule has 0 fully saturated rings. The highest BCUT2D eigenvalue weighted by molar-refractivity contribution is 6.02. The third-order valence-electron chi connectivity index (χ3n) is 3.11. The van der Waals surface area contributed by atoms with Crippen LogP contribution in [0.4, 0.5) is 0 Å². The van der Waals surface area contributed by atoms with Gasteiger partial charge in [0.05, 0.1) is 0 Å². The second-order valence-corrected chi connectivity index (χ2v) is 4.51. The normalized spacial score (nSPS) is 10.8. The second kappa shape index (κ2) is 4.28. The molecule has 0 amide bonds. The molecule has 94 valence electrons. The molecule has 0 saturated carbocycles. The highest BCUT2D eigenvalue weighted by atomic mass is 16.4. The minimum atomic E-state index is -0.976. The summed E-state index contributed by atoms with van der Waals surface area (Å²) in [6.07, 6.45) is 0. The van der Waals surface area contributed by atoms with E-state index in [0.717, 1.165) is 10.9 Å². The van der Waals surface area contributed by atoms with Crippen LogP contribution in [0.15, 0.2) is 52.9 Å². The van der Waals surface area contributed by atoms with Crippen LogP contribution in [-0.4, -0.2) is 11.1 Å². The lowest BCUT2D eigenvalue weighted by atomic mass is 10.1. The molecule has 1 heterocycles. The van der Waals surface area contributed by atoms with Crippen LogP contribution in [0.25, 0.3) is 22.3 Å². The lowest BCUT2D eigenvalue weighted by Crippen LogP contribution is -1.95. The number of carboxylic acids is 1. The monoisotopic (exact) mass is 252 g/mol. The fraction of sp³-hybridized carbons (Fsp3) is 0.0625. The Kier molecular flexibility index (Phi) is 2.60. The maximum atomic E-state index is 11.1. The molecule has 3 rings (SSSR count). The average Bonchev–Trinajstić information content (AvgIpc) is 2.82. The number of aryl methyl sites for hydroxylation is 1. The highest BCUT2D eigenvalue weighted by Crippen LogP contribution is 2.30. The first-order chi connectivity index (χ1) is 9.15. The Bertz CT molecular complexity index is 751. The van der Waals surface area contributed by atoms with Gasteiger partial charge in [-0.1, -0.05) is 42.0 Å². The Labute approximate surface area is 110 Å². The van der Waals surface area contributed by atoms with E-state index in [0.29, 0.717) is 11.3 Å². The molecule has 1 N–H and O–H groups in total. The van der Waals surface area contributed by atoms with Crippen LogP contribution < -0.4 is 0 Å². The molecule has 3 heteroatoms. The smallest absolute Gasteiger partial charge is 0.339 e. The van der Waals surface area contributed by atoms with E-state index in [1.807, 2.05) is 43.3 Å². The summed E-state index contributed by atoms with van der Waals surface area (Å²) in [5, 5.41) is 9.94. The standard InChI is InChI=1S/C16H12O3/c1-10-5-7-11(8-6-10)14-9-12-3-2-4-13(16(17)18)15(12)19-14/h2-9H,1H3,(H,17,18). The van der Waals surface area contributed by atoms with E-state index in [9.17, 15) is 4.79 Å². The molecule has 3 aromatic rings. The summed E-state index contributed by atoms with van der Waals surface area (Å²) in [6, 6.07) is 14.9. The molecule has 3 nitrogen and oxygen atoms in total. The largest absolute Gasteiger partial charge is 0.478 e. The Morgan fingerprint density at radius 1 is 1.11 bits per heavy atom. The van der Waals surface area contributed by atoms with Gasteiger partial charge in [0.25, 0.3) is 0 Å². The van der Waals surface area contributed by atoms with Crippen molar-refractivity contribution in [3.8, 4) is 11.3 Å². The summed E-state index contributed by atoms with van der Waals surface area (Å²) < 4.78 is 5.71. The van der Waals surface area contributed by atoms with Gasteiger partial charge in [-0.3, -0.25) is 0 Å². The molecule has 0 bridgehead atoms. The van der Waals surface area contributed by atoms with Gasteiger partial charge in [-0.05, 0) is 19.1 Å². The van der Waals surface area contributed by atoms with Gasteiger partial charge in [0.2, 0.25) is 0 Å². The van der Waals surface area contributed by atoms with E-state index >= 15 is 0 Å². The van der Waals surface area contributed by atoms with Crippen LogP contribution in [0.3, 0.4) is 0 Å². The minimum Gasteiger partial charge on any atom is -0.478 e. The molecule has 2 aromatic carbocycles. The van der Waals surface area contributed by atoms with E-state index < -0.39 is 5.97 Å². The Balaban J connectivity index is 2.19. The molecule has 0 spiro atoms. The van der Waals surface area contributed by atoms with Crippen LogP contribution in [0, 0.1) is 6.92 Å². The topological polar surface area (TPSA) is 50.4 Å². The quantitative estimate of drug-likeness (QED) is 0.746. The molecule has 19 heavy (non-hydrogen) atoms. The summed E-state index contributed by atoms with van der Waals surface area (Å²) in [6.45, 7) is 2.02. The van der Waals surface area contributed by atoms with Crippen molar-refractivity contribution in [1.82, 2.24) is 0 Å². The van der Waals surface area contributed by atoms with Crippen molar-refractivity contribution in [1.29, 1.82) is 0 Å². The van der Waals surface area contributed by atoms with Crippen molar-refractivity contribution >= 4 is 16.9 Å². The highest BCUT2D eigenvalue weighted by Gasteiger charge is 2.13. The SMILES string of the molecule is Cc1ccc(-c2cc3cccc(C(=O)O)c3o2)cc1. The predicted octanol–water partition coefficient (Wildman–Crippen LogP) is 4.11. The molecule has 0 unspecified atom stereocenters. The van der Waals surface area contributed by atoms with E-state index in [4.69, 9.17) is 9.52 Å². The van der Waals surface area contributed by atoms with Crippen molar-refractivity contribution < 1.29 is 14.3 Å². The van der Waals surface area contributed by atoms with Crippen molar-refractivity contribution in [2.24, 2.45) is 0 Å². The molecule has 0 saturated heterocycles. The maximum Gasteiger partial charge on any atom is 0.339 e. The molecule has 0 aliphatic heterocycles. The van der Waals surface area contributed by atoms with Crippen LogP contribution in [0.5, 0.6) is 0 Å². The summed E-state index contributed by atoms with van der Waals surface area (Å²) in [5.41, 5.74) is 2.73. The lowest BCUT2D eigenvalue weighted by Gasteiger charge is -1.97. The first-order valence-corrected chi connectivity index (χ1v) is 5.98. The fourth-order valence-corrected chi connectivity index (χ4v) is 2.09. The van der Waals surface area contributed by atoms with Gasteiger partial charge >= 0.3 is 5.97 Å². The number of fused-ring (bicyclic) bond motifs is 1. The molecule has 0 radical (unpaired) electrons. The van der Waals surface area contributed by atoms with Gasteiger partial charge in [-0.15, -0.1) is 0 Å². The van der Waals surface area contributed by atoms with E-state index in [1.165, 1.54) is 5.56 Å². The van der Waals surface area contributed by atoms with Crippen molar-refractivity contribution in [2.45, 2.75) is 6.92 Å². The number of rotatable bonds is 2. The van der Waals surface area contributed by atoms with Gasteiger partial charge in [0, 0.05) is 10.9 Å². The van der Waals surface area contributed by atoms with Crippen molar-refractivity contribution in [3.63, 3.8) is 0 Å². The van der Waals surface area contributed by atoms with E-state index in [-0.39, 0.29) is 5.56 Å². The Morgan fingerprint density at radius 2 is 1.84 bits per heavy atom. The number of benzene rings is 2. The van der Waals surface area contributed by atoms with Gasteiger partial charge in [-0.2, -0.15) is 0 Å². The van der Waals surface area contributed by atoms with Crippen molar-refractivity contribution in [3.05, 3.63) is 59.7 Å². The molecule has 0 atom stereocenters. The summed E-state index contributed by atoms with van der Waals surface area (Å²) in [4.78, 5) is 11.1. The molecule has 0 aliphatic rings.